The molecule has 2 atom stereocenters. The molecule has 0 amide bonds. The van der Waals surface area contributed by atoms with Gasteiger partial charge in [-0.25, -0.2) is 0 Å². The highest BCUT2D eigenvalue weighted by Gasteiger charge is 2.33. The summed E-state index contributed by atoms with van der Waals surface area (Å²) in [6.07, 6.45) is 1.02. The number of esters is 1. The van der Waals surface area contributed by atoms with E-state index in [1.807, 2.05) is 0 Å². The van der Waals surface area contributed by atoms with Crippen LogP contribution >= 0.6 is 0 Å². The molecule has 0 spiro atoms. The first-order valence-electron chi connectivity index (χ1n) is 4.30. The van der Waals surface area contributed by atoms with Crippen LogP contribution in [0.25, 0.3) is 0 Å². The maximum Gasteiger partial charge on any atom is 0.323 e. The molecule has 74 valence electrons. The first-order valence-corrected chi connectivity index (χ1v) is 4.30. The molecule has 5 heteroatoms. The van der Waals surface area contributed by atoms with Gasteiger partial charge in [0.25, 0.3) is 0 Å². The zero-order valence-electron chi connectivity index (χ0n) is 7.45. The molecule has 1 rings (SSSR count). The van der Waals surface area contributed by atoms with E-state index in [-0.39, 0.29) is 5.97 Å². The molecular formula is C8H13NO4. The molecular weight excluding hydrogens is 174 g/mol. The van der Waals surface area contributed by atoms with Crippen LogP contribution in [0.1, 0.15) is 19.8 Å². The Morgan fingerprint density at radius 2 is 2.08 bits per heavy atom. The van der Waals surface area contributed by atoms with Crippen molar-refractivity contribution in [2.45, 2.75) is 31.8 Å². The quantitative estimate of drug-likeness (QED) is 0.596. The molecule has 0 aromatic heterocycles. The van der Waals surface area contributed by atoms with Gasteiger partial charge in [0, 0.05) is 0 Å². The number of carboxylic acids is 1. The second-order valence-electron chi connectivity index (χ2n) is 2.94. The zero-order chi connectivity index (χ0) is 9.84. The van der Waals surface area contributed by atoms with Crippen LogP contribution in [0.5, 0.6) is 0 Å². The standard InChI is InChI=1S/C8H13NO4/c1-2-13-8(12)6-4-3-5(9-6)7(10)11/h5-6,9H,2-4H2,1H3,(H,10,11)/t5-,6-/m0/s1. The molecule has 1 aliphatic heterocycles. The van der Waals surface area contributed by atoms with Crippen LogP contribution in [-0.2, 0) is 14.3 Å². The highest BCUT2D eigenvalue weighted by Crippen LogP contribution is 2.13. The minimum Gasteiger partial charge on any atom is -0.480 e. The Kier molecular flexibility index (Phi) is 3.25. The van der Waals surface area contributed by atoms with Gasteiger partial charge in [0.2, 0.25) is 0 Å². The average Bonchev–Trinajstić information content (AvgIpc) is 2.52. The highest BCUT2D eigenvalue weighted by atomic mass is 16.5. The van der Waals surface area contributed by atoms with Crippen molar-refractivity contribution in [2.75, 3.05) is 6.61 Å². The number of rotatable bonds is 3. The van der Waals surface area contributed by atoms with Crippen molar-refractivity contribution >= 4 is 11.9 Å². The van der Waals surface area contributed by atoms with Crippen molar-refractivity contribution in [1.29, 1.82) is 0 Å². The molecule has 1 aliphatic rings. The van der Waals surface area contributed by atoms with Gasteiger partial charge in [-0.15, -0.1) is 0 Å². The molecule has 5 nitrogen and oxygen atoms in total. The van der Waals surface area contributed by atoms with Gasteiger partial charge < -0.3 is 9.84 Å². The van der Waals surface area contributed by atoms with E-state index in [0.29, 0.717) is 19.4 Å². The van der Waals surface area contributed by atoms with Gasteiger partial charge in [-0.05, 0) is 19.8 Å². The maximum absolute atomic E-state index is 11.1. The zero-order valence-corrected chi connectivity index (χ0v) is 7.45. The predicted octanol–water partition coefficient (Wildman–Crippen LogP) is -0.245. The van der Waals surface area contributed by atoms with Crippen LogP contribution in [-0.4, -0.2) is 35.7 Å². The van der Waals surface area contributed by atoms with Crippen LogP contribution < -0.4 is 5.32 Å². The van der Waals surface area contributed by atoms with Gasteiger partial charge in [0.15, 0.2) is 0 Å². The molecule has 0 bridgehead atoms. The third-order valence-corrected chi connectivity index (χ3v) is 2.02. The topological polar surface area (TPSA) is 75.6 Å². The number of aliphatic carboxylic acids is 1. The summed E-state index contributed by atoms with van der Waals surface area (Å²) in [5.74, 6) is -1.27. The van der Waals surface area contributed by atoms with E-state index in [1.165, 1.54) is 0 Å². The molecule has 13 heavy (non-hydrogen) atoms. The Morgan fingerprint density at radius 3 is 2.54 bits per heavy atom. The van der Waals surface area contributed by atoms with Crippen LogP contribution in [0.3, 0.4) is 0 Å². The van der Waals surface area contributed by atoms with E-state index in [9.17, 15) is 9.59 Å². The summed E-state index contributed by atoms with van der Waals surface area (Å²) < 4.78 is 4.76. The van der Waals surface area contributed by atoms with Gasteiger partial charge in [-0.3, -0.25) is 14.9 Å². The van der Waals surface area contributed by atoms with Gasteiger partial charge in [-0.2, -0.15) is 0 Å². The summed E-state index contributed by atoms with van der Waals surface area (Å²) >= 11 is 0. The van der Waals surface area contributed by atoms with Gasteiger partial charge in [0.1, 0.15) is 12.1 Å². The molecule has 0 radical (unpaired) electrons. The van der Waals surface area contributed by atoms with E-state index in [2.05, 4.69) is 5.32 Å². The Morgan fingerprint density at radius 1 is 1.46 bits per heavy atom. The lowest BCUT2D eigenvalue weighted by Gasteiger charge is -2.09. The smallest absolute Gasteiger partial charge is 0.323 e. The van der Waals surface area contributed by atoms with Crippen molar-refractivity contribution in [3.63, 3.8) is 0 Å². The Balaban J connectivity index is 2.40. The predicted molar refractivity (Wildman–Crippen MR) is 44.2 cm³/mol. The van der Waals surface area contributed by atoms with E-state index in [1.54, 1.807) is 6.92 Å². The van der Waals surface area contributed by atoms with Crippen molar-refractivity contribution < 1.29 is 19.4 Å². The molecule has 1 fully saturated rings. The number of carboxylic acid groups (broad SMARTS) is 1. The fourth-order valence-electron chi connectivity index (χ4n) is 1.37. The molecule has 1 heterocycles. The number of nitrogens with one attached hydrogen (secondary N) is 1. The molecule has 0 aliphatic carbocycles. The van der Waals surface area contributed by atoms with Gasteiger partial charge in [-0.1, -0.05) is 0 Å². The molecule has 2 N–H and O–H groups in total. The average molecular weight is 187 g/mol. The fraction of sp³-hybridized carbons (Fsp3) is 0.750. The molecule has 0 aromatic carbocycles. The van der Waals surface area contributed by atoms with Crippen LogP contribution in [0.4, 0.5) is 0 Å². The van der Waals surface area contributed by atoms with Crippen LogP contribution in [0.15, 0.2) is 0 Å². The normalized spacial score (nSPS) is 27.2. The minimum atomic E-state index is -0.910. The third-order valence-electron chi connectivity index (χ3n) is 2.02. The van der Waals surface area contributed by atoms with E-state index in [0.717, 1.165) is 0 Å². The minimum absolute atomic E-state index is 0.328. The monoisotopic (exact) mass is 187 g/mol. The van der Waals surface area contributed by atoms with Crippen molar-refractivity contribution in [3.8, 4) is 0 Å². The third kappa shape index (κ3) is 2.42. The van der Waals surface area contributed by atoms with E-state index < -0.39 is 18.1 Å². The summed E-state index contributed by atoms with van der Waals surface area (Å²) in [6.45, 7) is 2.05. The van der Waals surface area contributed by atoms with Crippen LogP contribution in [0.2, 0.25) is 0 Å². The lowest BCUT2D eigenvalue weighted by atomic mass is 10.2. The molecule has 0 aromatic rings. The largest absolute Gasteiger partial charge is 0.480 e. The number of hydrogen-bond acceptors (Lipinski definition) is 4. The number of carbonyl (C=O) groups excluding carboxylic acids is 1. The highest BCUT2D eigenvalue weighted by molar-refractivity contribution is 5.80. The SMILES string of the molecule is CCOC(=O)[C@@H]1CC[C@@H](C(=O)O)N1. The molecule has 0 saturated carbocycles. The van der Waals surface area contributed by atoms with E-state index in [4.69, 9.17) is 9.84 Å². The molecule has 1 saturated heterocycles. The van der Waals surface area contributed by atoms with Crippen molar-refractivity contribution in [1.82, 2.24) is 5.32 Å². The summed E-state index contributed by atoms with van der Waals surface area (Å²) in [4.78, 5) is 21.6. The van der Waals surface area contributed by atoms with Gasteiger partial charge >= 0.3 is 11.9 Å². The Bertz CT molecular complexity index is 216. The summed E-state index contributed by atoms with van der Waals surface area (Å²) in [6, 6.07) is -1.05. The van der Waals surface area contributed by atoms with E-state index >= 15 is 0 Å². The molecule has 0 unspecified atom stereocenters. The number of hydrogen-bond donors (Lipinski definition) is 2. The van der Waals surface area contributed by atoms with Crippen LogP contribution in [0, 0.1) is 0 Å². The van der Waals surface area contributed by atoms with Crippen molar-refractivity contribution in [3.05, 3.63) is 0 Å². The Labute approximate surface area is 76.1 Å². The lowest BCUT2D eigenvalue weighted by molar-refractivity contribution is -0.145. The second-order valence-corrected chi connectivity index (χ2v) is 2.94. The number of carbonyl (C=O) groups is 2. The fourth-order valence-corrected chi connectivity index (χ4v) is 1.37. The second kappa shape index (κ2) is 4.23. The number of ether oxygens (including phenoxy) is 1. The van der Waals surface area contributed by atoms with Crippen molar-refractivity contribution in [2.24, 2.45) is 0 Å². The summed E-state index contributed by atoms with van der Waals surface area (Å²) in [7, 11) is 0. The lowest BCUT2D eigenvalue weighted by Crippen LogP contribution is -2.40. The first-order chi connectivity index (χ1) is 6.15. The summed E-state index contributed by atoms with van der Waals surface area (Å²) in [5.41, 5.74) is 0. The first kappa shape index (κ1) is 9.98. The summed E-state index contributed by atoms with van der Waals surface area (Å²) in [5, 5.41) is 11.3. The van der Waals surface area contributed by atoms with Gasteiger partial charge in [0.05, 0.1) is 6.61 Å². The maximum atomic E-state index is 11.1. The Hall–Kier alpha value is -1.10.